The number of rotatable bonds is 2. The van der Waals surface area contributed by atoms with Gasteiger partial charge < -0.3 is 0 Å². The van der Waals surface area contributed by atoms with Crippen LogP contribution in [0.1, 0.15) is 25.0 Å². The third kappa shape index (κ3) is 3.11. The Morgan fingerprint density at radius 3 is 2.19 bits per heavy atom. The minimum absolute atomic E-state index is 0.130. The van der Waals surface area contributed by atoms with Gasteiger partial charge >= 0.3 is 0 Å². The molecule has 0 bridgehead atoms. The van der Waals surface area contributed by atoms with Crippen LogP contribution in [0.3, 0.4) is 0 Å². The Morgan fingerprint density at radius 2 is 1.33 bits per heavy atom. The Labute approximate surface area is 243 Å². The van der Waals surface area contributed by atoms with Crippen molar-refractivity contribution in [2.24, 2.45) is 0 Å². The zero-order valence-electron chi connectivity index (χ0n) is 23.5. The summed E-state index contributed by atoms with van der Waals surface area (Å²) in [6.07, 6.45) is 1.97. The minimum Gasteiger partial charge on any atom is -0.277 e. The summed E-state index contributed by atoms with van der Waals surface area (Å²) in [6.45, 7) is 4.70. The summed E-state index contributed by atoms with van der Waals surface area (Å²) < 4.78 is 2.30. The van der Waals surface area contributed by atoms with Crippen LogP contribution >= 0.6 is 0 Å². The second-order valence-corrected chi connectivity index (χ2v) is 11.9. The predicted octanol–water partition coefficient (Wildman–Crippen LogP) is 9.85. The molecule has 0 saturated heterocycles. The molecule has 0 saturated carbocycles. The van der Waals surface area contributed by atoms with E-state index in [1.807, 2.05) is 6.20 Å². The van der Waals surface area contributed by atoms with E-state index in [-0.39, 0.29) is 5.41 Å². The van der Waals surface area contributed by atoms with Crippen molar-refractivity contribution in [1.82, 2.24) is 14.5 Å². The van der Waals surface area contributed by atoms with Crippen LogP contribution in [-0.2, 0) is 5.41 Å². The summed E-state index contributed by atoms with van der Waals surface area (Å²) in [5.74, 6) is 0.692. The Hall–Kier alpha value is -5.28. The largest absolute Gasteiger partial charge is 0.277 e. The molecule has 6 aromatic carbocycles. The molecule has 0 fully saturated rings. The van der Waals surface area contributed by atoms with E-state index in [2.05, 4.69) is 140 Å². The molecule has 0 unspecified atom stereocenters. The second-order valence-electron chi connectivity index (χ2n) is 11.9. The van der Waals surface area contributed by atoms with Crippen LogP contribution in [0.2, 0.25) is 0 Å². The van der Waals surface area contributed by atoms with E-state index in [1.54, 1.807) is 0 Å². The van der Waals surface area contributed by atoms with Gasteiger partial charge in [-0.2, -0.15) is 0 Å². The fourth-order valence-corrected chi connectivity index (χ4v) is 7.17. The van der Waals surface area contributed by atoms with Crippen molar-refractivity contribution in [3.63, 3.8) is 0 Å². The van der Waals surface area contributed by atoms with Crippen molar-refractivity contribution in [2.75, 3.05) is 0 Å². The monoisotopic (exact) mass is 537 g/mol. The third-order valence-corrected chi connectivity index (χ3v) is 9.22. The molecule has 0 aliphatic heterocycles. The first-order valence-electron chi connectivity index (χ1n) is 14.5. The van der Waals surface area contributed by atoms with E-state index >= 15 is 0 Å². The van der Waals surface area contributed by atoms with E-state index in [0.717, 1.165) is 27.5 Å². The lowest BCUT2D eigenvalue weighted by molar-refractivity contribution is 0.661. The Balaban J connectivity index is 1.42. The average molecular weight is 538 g/mol. The summed E-state index contributed by atoms with van der Waals surface area (Å²) in [5.41, 5.74) is 10.7. The molecular formula is C39H27N3. The van der Waals surface area contributed by atoms with Crippen molar-refractivity contribution < 1.29 is 0 Å². The van der Waals surface area contributed by atoms with E-state index in [4.69, 9.17) is 9.97 Å². The lowest BCUT2D eigenvalue weighted by Gasteiger charge is -2.21. The molecule has 0 spiro atoms. The van der Waals surface area contributed by atoms with Crippen molar-refractivity contribution in [3.8, 4) is 28.2 Å². The Kier molecular flexibility index (Phi) is 4.67. The molecular weight excluding hydrogens is 510 g/mol. The highest BCUT2D eigenvalue weighted by Gasteiger charge is 2.38. The smallest absolute Gasteiger partial charge is 0.235 e. The molecule has 0 N–H and O–H groups in total. The van der Waals surface area contributed by atoms with E-state index in [0.29, 0.717) is 5.95 Å². The first-order chi connectivity index (χ1) is 20.6. The van der Waals surface area contributed by atoms with E-state index in [1.165, 1.54) is 49.3 Å². The molecule has 1 aliphatic carbocycles. The van der Waals surface area contributed by atoms with Gasteiger partial charge in [-0.15, -0.1) is 0 Å². The summed E-state index contributed by atoms with van der Waals surface area (Å²) in [7, 11) is 0. The maximum atomic E-state index is 5.31. The number of fused-ring (bicyclic) bond motifs is 9. The molecule has 0 atom stereocenters. The lowest BCUT2D eigenvalue weighted by Crippen LogP contribution is -2.15. The number of hydrogen-bond donors (Lipinski definition) is 0. The highest BCUT2D eigenvalue weighted by Crippen LogP contribution is 2.53. The van der Waals surface area contributed by atoms with Crippen LogP contribution in [0, 0.1) is 0 Å². The first kappa shape index (κ1) is 23.4. The van der Waals surface area contributed by atoms with E-state index in [9.17, 15) is 0 Å². The molecule has 9 rings (SSSR count). The maximum Gasteiger partial charge on any atom is 0.235 e. The molecule has 1 aliphatic rings. The summed E-state index contributed by atoms with van der Waals surface area (Å²) in [6, 6.07) is 43.6. The van der Waals surface area contributed by atoms with Gasteiger partial charge in [0, 0.05) is 38.9 Å². The number of para-hydroxylation sites is 2. The van der Waals surface area contributed by atoms with Gasteiger partial charge in [0.05, 0.1) is 16.6 Å². The van der Waals surface area contributed by atoms with Gasteiger partial charge in [0.1, 0.15) is 0 Å². The van der Waals surface area contributed by atoms with Crippen LogP contribution < -0.4 is 0 Å². The van der Waals surface area contributed by atoms with Gasteiger partial charge in [-0.25, -0.2) is 9.97 Å². The summed E-state index contributed by atoms with van der Waals surface area (Å²) in [5, 5.41) is 6.00. The van der Waals surface area contributed by atoms with Gasteiger partial charge in [0.2, 0.25) is 5.95 Å². The van der Waals surface area contributed by atoms with Gasteiger partial charge in [0.25, 0.3) is 0 Å². The topological polar surface area (TPSA) is 30.7 Å². The maximum absolute atomic E-state index is 5.31. The molecule has 3 heteroatoms. The van der Waals surface area contributed by atoms with Gasteiger partial charge in [-0.3, -0.25) is 4.57 Å². The van der Waals surface area contributed by atoms with Crippen molar-refractivity contribution >= 4 is 43.5 Å². The molecule has 2 aromatic heterocycles. The van der Waals surface area contributed by atoms with Crippen LogP contribution in [0.25, 0.3) is 71.7 Å². The zero-order chi connectivity index (χ0) is 28.0. The highest BCUT2D eigenvalue weighted by molar-refractivity contribution is 6.16. The highest BCUT2D eigenvalue weighted by atomic mass is 15.2. The molecule has 8 aromatic rings. The molecule has 0 radical (unpaired) electrons. The minimum atomic E-state index is -0.130. The summed E-state index contributed by atoms with van der Waals surface area (Å²) >= 11 is 0. The third-order valence-electron chi connectivity index (χ3n) is 9.22. The second kappa shape index (κ2) is 8.37. The van der Waals surface area contributed by atoms with Crippen LogP contribution in [-0.4, -0.2) is 14.5 Å². The first-order valence-corrected chi connectivity index (χ1v) is 14.5. The number of hydrogen-bond acceptors (Lipinski definition) is 2. The van der Waals surface area contributed by atoms with Crippen molar-refractivity contribution in [2.45, 2.75) is 19.3 Å². The Bertz CT molecular complexity index is 2380. The number of nitrogens with zero attached hydrogens (tertiary/aromatic N) is 3. The predicted molar refractivity (Wildman–Crippen MR) is 174 cm³/mol. The van der Waals surface area contributed by atoms with E-state index < -0.39 is 0 Å². The standard InChI is InChI=1S/C39H27N3/c1-39(2)32-20-19-30-29-16-8-9-18-34(29)42(37(30)35(32)31-21-25-13-6-7-14-26(25)22-33(31)39)38-40-23-27-15-10-17-28(36(27)41-38)24-11-4-3-5-12-24/h3-23H,1-2H3. The Morgan fingerprint density at radius 1 is 0.595 bits per heavy atom. The van der Waals surface area contributed by atoms with Crippen LogP contribution in [0.15, 0.2) is 128 Å². The lowest BCUT2D eigenvalue weighted by atomic mass is 9.82. The van der Waals surface area contributed by atoms with Gasteiger partial charge in [0.15, 0.2) is 0 Å². The molecule has 42 heavy (non-hydrogen) atoms. The molecule has 3 nitrogen and oxygen atoms in total. The number of aromatic nitrogens is 3. The zero-order valence-corrected chi connectivity index (χ0v) is 23.5. The van der Waals surface area contributed by atoms with Gasteiger partial charge in [-0.1, -0.05) is 117 Å². The SMILES string of the molecule is CC1(C)c2cc3ccccc3cc2-c2c1ccc1c3ccccc3n(-c3ncc4cccc(-c5ccccc5)c4n3)c21. The fraction of sp³-hybridized carbons (Fsp3) is 0.0769. The fourth-order valence-electron chi connectivity index (χ4n) is 7.17. The molecule has 0 amide bonds. The van der Waals surface area contributed by atoms with Crippen molar-refractivity contribution in [1.29, 1.82) is 0 Å². The number of benzene rings is 6. The van der Waals surface area contributed by atoms with Crippen LogP contribution in [0.4, 0.5) is 0 Å². The van der Waals surface area contributed by atoms with Gasteiger partial charge in [-0.05, 0) is 51.2 Å². The van der Waals surface area contributed by atoms with Crippen molar-refractivity contribution in [3.05, 3.63) is 139 Å². The normalized spacial score (nSPS) is 13.7. The average Bonchev–Trinajstić information content (AvgIpc) is 3.48. The van der Waals surface area contributed by atoms with Crippen LogP contribution in [0.5, 0.6) is 0 Å². The molecule has 198 valence electrons. The quantitative estimate of drug-likeness (QED) is 0.220. The molecule has 2 heterocycles. The summed E-state index contributed by atoms with van der Waals surface area (Å²) in [4.78, 5) is 10.3.